The van der Waals surface area contributed by atoms with E-state index in [1.165, 1.54) is 50.5 Å². The van der Waals surface area contributed by atoms with Crippen LogP contribution in [0.25, 0.3) is 0 Å². The molecule has 0 saturated carbocycles. The summed E-state index contributed by atoms with van der Waals surface area (Å²) in [5, 5.41) is 0. The molecule has 0 saturated heterocycles. The first kappa shape index (κ1) is 17.5. The molecule has 1 aromatic carbocycles. The van der Waals surface area contributed by atoms with Crippen molar-refractivity contribution in [1.29, 1.82) is 0 Å². The van der Waals surface area contributed by atoms with Crippen molar-refractivity contribution in [3.63, 3.8) is 0 Å². The van der Waals surface area contributed by atoms with Gasteiger partial charge in [0.1, 0.15) is 0 Å². The number of hydrogen-bond donors (Lipinski definition) is 0. The summed E-state index contributed by atoms with van der Waals surface area (Å²) in [6.45, 7) is 0.725. The molecule has 1 rings (SSSR count). The van der Waals surface area contributed by atoms with E-state index < -0.39 is 0 Å². The minimum absolute atomic E-state index is 0.725. The maximum Gasteiger partial charge on any atom is 0.209 e. The monoisotopic (exact) mass is 287 g/mol. The van der Waals surface area contributed by atoms with Crippen molar-refractivity contribution in [2.75, 3.05) is 13.6 Å². The number of carbonyl (C=O) groups excluding carboxylic acids is 1. The second-order valence-corrected chi connectivity index (χ2v) is 5.66. The number of allylic oxidation sites excluding steroid dienone is 1. The van der Waals surface area contributed by atoms with Gasteiger partial charge >= 0.3 is 0 Å². The van der Waals surface area contributed by atoms with E-state index in [4.69, 9.17) is 0 Å². The van der Waals surface area contributed by atoms with Crippen molar-refractivity contribution in [1.82, 2.24) is 4.90 Å². The van der Waals surface area contributed by atoms with Gasteiger partial charge in [-0.1, -0.05) is 68.2 Å². The first-order valence-corrected chi connectivity index (χ1v) is 8.17. The summed E-state index contributed by atoms with van der Waals surface area (Å²) in [5.74, 6) is 0. The molecule has 2 nitrogen and oxygen atoms in total. The smallest absolute Gasteiger partial charge is 0.209 e. The summed E-state index contributed by atoms with van der Waals surface area (Å²) in [6, 6.07) is 10.8. The van der Waals surface area contributed by atoms with E-state index in [0.717, 1.165) is 19.4 Å². The van der Waals surface area contributed by atoms with Crippen LogP contribution in [0.3, 0.4) is 0 Å². The van der Waals surface area contributed by atoms with Gasteiger partial charge in [-0.3, -0.25) is 4.79 Å². The molecule has 0 radical (unpaired) electrons. The third-order valence-electron chi connectivity index (χ3n) is 3.67. The van der Waals surface area contributed by atoms with E-state index in [9.17, 15) is 4.79 Å². The highest BCUT2D eigenvalue weighted by Gasteiger charge is 1.93. The number of rotatable bonds is 12. The van der Waals surface area contributed by atoms with Crippen LogP contribution in [0.5, 0.6) is 0 Å². The van der Waals surface area contributed by atoms with Crippen molar-refractivity contribution in [2.24, 2.45) is 0 Å². The Kier molecular flexibility index (Phi) is 10.1. The van der Waals surface area contributed by atoms with E-state index in [0.29, 0.717) is 0 Å². The molecule has 0 aliphatic rings. The summed E-state index contributed by atoms with van der Waals surface area (Å²) in [5.41, 5.74) is 1.46. The molecule has 0 unspecified atom stereocenters. The number of aryl methyl sites for hydroxylation is 1. The molecule has 0 N–H and O–H groups in total. The Morgan fingerprint density at radius 1 is 0.905 bits per heavy atom. The predicted molar refractivity (Wildman–Crippen MR) is 90.3 cm³/mol. The molecule has 0 aliphatic carbocycles. The molecule has 1 aromatic rings. The van der Waals surface area contributed by atoms with Crippen molar-refractivity contribution in [3.05, 3.63) is 48.0 Å². The molecule has 0 heterocycles. The van der Waals surface area contributed by atoms with Crippen LogP contribution >= 0.6 is 0 Å². The van der Waals surface area contributed by atoms with E-state index in [1.54, 1.807) is 11.9 Å². The van der Waals surface area contributed by atoms with Gasteiger partial charge in [-0.05, 0) is 31.2 Å². The molecule has 0 aliphatic heterocycles. The van der Waals surface area contributed by atoms with E-state index in [2.05, 4.69) is 42.5 Å². The average Bonchev–Trinajstić information content (AvgIpc) is 2.53. The standard InChI is InChI=1S/C19H29NO/c1-20(18-21)17-13-8-6-4-2-3-5-7-10-14-19-15-11-9-12-16-19/h8-9,11-13,15-16,18H,2-7,10,14,17H2,1H3. The summed E-state index contributed by atoms with van der Waals surface area (Å²) < 4.78 is 0. The zero-order valence-electron chi connectivity index (χ0n) is 13.3. The Morgan fingerprint density at radius 3 is 2.29 bits per heavy atom. The minimum atomic E-state index is 0.725. The Morgan fingerprint density at radius 2 is 1.57 bits per heavy atom. The van der Waals surface area contributed by atoms with Crippen molar-refractivity contribution in [2.45, 2.75) is 51.4 Å². The molecule has 0 spiro atoms. The van der Waals surface area contributed by atoms with Gasteiger partial charge in [0, 0.05) is 13.6 Å². The van der Waals surface area contributed by atoms with Gasteiger partial charge in [0.05, 0.1) is 0 Å². The van der Waals surface area contributed by atoms with Gasteiger partial charge in [0.25, 0.3) is 0 Å². The molecular formula is C19H29NO. The summed E-state index contributed by atoms with van der Waals surface area (Å²) in [6.07, 6.45) is 15.4. The van der Waals surface area contributed by atoms with Crippen LogP contribution in [0.2, 0.25) is 0 Å². The minimum Gasteiger partial charge on any atom is -0.345 e. The number of hydrogen-bond acceptors (Lipinski definition) is 1. The topological polar surface area (TPSA) is 20.3 Å². The van der Waals surface area contributed by atoms with Crippen LogP contribution in [-0.4, -0.2) is 24.9 Å². The van der Waals surface area contributed by atoms with Crippen LogP contribution in [0.15, 0.2) is 42.5 Å². The Hall–Kier alpha value is -1.57. The fourth-order valence-electron chi connectivity index (χ4n) is 2.34. The van der Waals surface area contributed by atoms with Crippen LogP contribution in [0.1, 0.15) is 50.5 Å². The lowest BCUT2D eigenvalue weighted by Gasteiger charge is -2.05. The SMILES string of the molecule is CN(C=O)CC=CCCCCCCCCc1ccccc1. The van der Waals surface area contributed by atoms with Crippen molar-refractivity contribution in [3.8, 4) is 0 Å². The highest BCUT2D eigenvalue weighted by atomic mass is 16.1. The Bertz CT molecular complexity index is 386. The molecule has 116 valence electrons. The van der Waals surface area contributed by atoms with Crippen LogP contribution in [0, 0.1) is 0 Å². The highest BCUT2D eigenvalue weighted by Crippen LogP contribution is 2.10. The second kappa shape index (κ2) is 12.2. The van der Waals surface area contributed by atoms with Crippen LogP contribution in [-0.2, 0) is 11.2 Å². The van der Waals surface area contributed by atoms with Crippen molar-refractivity contribution < 1.29 is 4.79 Å². The first-order chi connectivity index (χ1) is 10.3. The average molecular weight is 287 g/mol. The van der Waals surface area contributed by atoms with Crippen molar-refractivity contribution >= 4 is 6.41 Å². The van der Waals surface area contributed by atoms with Crippen LogP contribution < -0.4 is 0 Å². The van der Waals surface area contributed by atoms with E-state index in [1.807, 2.05) is 0 Å². The van der Waals surface area contributed by atoms with Gasteiger partial charge < -0.3 is 4.90 Å². The zero-order chi connectivity index (χ0) is 15.2. The number of nitrogens with zero attached hydrogens (tertiary/aromatic N) is 1. The number of carbonyl (C=O) groups is 1. The second-order valence-electron chi connectivity index (χ2n) is 5.66. The number of unbranched alkanes of at least 4 members (excludes halogenated alkanes) is 6. The number of amides is 1. The Labute approximate surface area is 129 Å². The van der Waals surface area contributed by atoms with E-state index >= 15 is 0 Å². The van der Waals surface area contributed by atoms with Crippen LogP contribution in [0.4, 0.5) is 0 Å². The van der Waals surface area contributed by atoms with Gasteiger partial charge in [0.2, 0.25) is 6.41 Å². The number of likely N-dealkylation sites (N-methyl/N-ethyl adjacent to an activating group) is 1. The molecule has 21 heavy (non-hydrogen) atoms. The predicted octanol–water partition coefficient (Wildman–Crippen LogP) is 4.60. The van der Waals surface area contributed by atoms with Gasteiger partial charge in [0.15, 0.2) is 0 Å². The lowest BCUT2D eigenvalue weighted by atomic mass is 10.0. The quantitative estimate of drug-likeness (QED) is 0.312. The molecule has 0 fully saturated rings. The fraction of sp³-hybridized carbons (Fsp3) is 0.526. The highest BCUT2D eigenvalue weighted by molar-refractivity contribution is 5.46. The fourth-order valence-corrected chi connectivity index (χ4v) is 2.34. The molecule has 0 atom stereocenters. The molecule has 0 aromatic heterocycles. The molecule has 2 heteroatoms. The Balaban J connectivity index is 1.85. The summed E-state index contributed by atoms with van der Waals surface area (Å²) in [7, 11) is 1.80. The lowest BCUT2D eigenvalue weighted by molar-refractivity contribution is -0.116. The summed E-state index contributed by atoms with van der Waals surface area (Å²) in [4.78, 5) is 12.0. The van der Waals surface area contributed by atoms with Gasteiger partial charge in [-0.25, -0.2) is 0 Å². The molecule has 0 bridgehead atoms. The normalized spacial score (nSPS) is 10.9. The molecular weight excluding hydrogens is 258 g/mol. The largest absolute Gasteiger partial charge is 0.345 e. The molecule has 1 amide bonds. The zero-order valence-corrected chi connectivity index (χ0v) is 13.3. The summed E-state index contributed by atoms with van der Waals surface area (Å²) >= 11 is 0. The third-order valence-corrected chi connectivity index (χ3v) is 3.67. The maximum atomic E-state index is 10.4. The lowest BCUT2D eigenvalue weighted by Crippen LogP contribution is -2.14. The van der Waals surface area contributed by atoms with E-state index in [-0.39, 0.29) is 0 Å². The third kappa shape index (κ3) is 9.89. The van der Waals surface area contributed by atoms with Gasteiger partial charge in [-0.2, -0.15) is 0 Å². The van der Waals surface area contributed by atoms with Gasteiger partial charge in [-0.15, -0.1) is 0 Å². The number of benzene rings is 1. The maximum absolute atomic E-state index is 10.4. The first-order valence-electron chi connectivity index (χ1n) is 8.17.